The van der Waals surface area contributed by atoms with Crippen LogP contribution in [-0.4, -0.2) is 20.6 Å². The lowest BCUT2D eigenvalue weighted by Gasteiger charge is -2.06. The van der Waals surface area contributed by atoms with Gasteiger partial charge in [0.2, 0.25) is 5.95 Å². The molecule has 0 aliphatic carbocycles. The number of anilines is 1. The molecule has 5 heteroatoms. The minimum atomic E-state index is 0.151. The van der Waals surface area contributed by atoms with Crippen molar-refractivity contribution < 1.29 is 0 Å². The molecule has 0 amide bonds. The maximum Gasteiger partial charge on any atom is 0.243 e. The van der Waals surface area contributed by atoms with Crippen LogP contribution in [0.3, 0.4) is 0 Å². The first-order valence-electron chi connectivity index (χ1n) is 4.91. The Hall–Kier alpha value is -1.73. The topological polar surface area (TPSA) is 42.2 Å². The highest BCUT2D eigenvalue weighted by atomic mass is 35.5. The lowest BCUT2D eigenvalue weighted by molar-refractivity contribution is 0.809. The van der Waals surface area contributed by atoms with E-state index in [4.69, 9.17) is 18.0 Å². The van der Waals surface area contributed by atoms with E-state index >= 15 is 0 Å². The number of pyridine rings is 1. The Morgan fingerprint density at radius 3 is 3.19 bits per heavy atom. The Kier molecular flexibility index (Phi) is 2.97. The number of nitrogens with zero attached hydrogens (tertiary/aromatic N) is 3. The van der Waals surface area contributed by atoms with Crippen molar-refractivity contribution in [2.45, 2.75) is 19.4 Å². The van der Waals surface area contributed by atoms with Gasteiger partial charge in [0.05, 0.1) is 5.02 Å². The van der Waals surface area contributed by atoms with Gasteiger partial charge in [-0.15, -0.1) is 17.4 Å². The zero-order chi connectivity index (χ0) is 11.5. The van der Waals surface area contributed by atoms with E-state index in [2.05, 4.69) is 21.3 Å². The van der Waals surface area contributed by atoms with Crippen molar-refractivity contribution in [3.8, 4) is 12.3 Å². The SMILES string of the molecule is C#CCC(C)Nc1nc2ccc(Cl)cn2n1. The second-order valence-corrected chi connectivity index (χ2v) is 3.98. The van der Waals surface area contributed by atoms with Crippen molar-refractivity contribution in [1.82, 2.24) is 14.6 Å². The maximum absolute atomic E-state index is 5.85. The van der Waals surface area contributed by atoms with Crippen molar-refractivity contribution in [2.75, 3.05) is 5.32 Å². The van der Waals surface area contributed by atoms with Gasteiger partial charge in [0, 0.05) is 18.7 Å². The Morgan fingerprint density at radius 1 is 1.62 bits per heavy atom. The summed E-state index contributed by atoms with van der Waals surface area (Å²) >= 11 is 5.85. The van der Waals surface area contributed by atoms with Gasteiger partial charge in [-0.3, -0.25) is 0 Å². The number of terminal acetylenes is 1. The van der Waals surface area contributed by atoms with Gasteiger partial charge >= 0.3 is 0 Å². The van der Waals surface area contributed by atoms with E-state index in [1.54, 1.807) is 16.8 Å². The van der Waals surface area contributed by atoms with Gasteiger partial charge in [0.15, 0.2) is 5.65 Å². The fourth-order valence-electron chi connectivity index (χ4n) is 1.37. The first-order chi connectivity index (χ1) is 7.69. The molecule has 82 valence electrons. The molecule has 16 heavy (non-hydrogen) atoms. The zero-order valence-electron chi connectivity index (χ0n) is 8.81. The largest absolute Gasteiger partial charge is 0.350 e. The highest BCUT2D eigenvalue weighted by molar-refractivity contribution is 6.30. The fraction of sp³-hybridized carbons (Fsp3) is 0.273. The van der Waals surface area contributed by atoms with Crippen molar-refractivity contribution in [3.63, 3.8) is 0 Å². The molecular formula is C11H11ClN4. The Morgan fingerprint density at radius 2 is 2.44 bits per heavy atom. The monoisotopic (exact) mass is 234 g/mol. The van der Waals surface area contributed by atoms with Crippen molar-refractivity contribution in [1.29, 1.82) is 0 Å². The van der Waals surface area contributed by atoms with Crippen LogP contribution in [-0.2, 0) is 0 Å². The third-order valence-electron chi connectivity index (χ3n) is 2.09. The number of hydrogen-bond acceptors (Lipinski definition) is 3. The molecule has 2 heterocycles. The molecule has 0 spiro atoms. The van der Waals surface area contributed by atoms with E-state index in [-0.39, 0.29) is 6.04 Å². The standard InChI is InChI=1S/C11H11ClN4/c1-3-4-8(2)13-11-14-10-6-5-9(12)7-16(10)15-11/h1,5-8H,4H2,2H3,(H,13,15). The van der Waals surface area contributed by atoms with E-state index < -0.39 is 0 Å². The normalized spacial score (nSPS) is 12.3. The van der Waals surface area contributed by atoms with Crippen molar-refractivity contribution in [3.05, 3.63) is 23.4 Å². The van der Waals surface area contributed by atoms with Gasteiger partial charge in [0.25, 0.3) is 0 Å². The number of aromatic nitrogens is 3. The molecule has 1 atom stereocenters. The summed E-state index contributed by atoms with van der Waals surface area (Å²) in [6, 6.07) is 3.74. The predicted octanol–water partition coefficient (Wildman–Crippen LogP) is 2.21. The summed E-state index contributed by atoms with van der Waals surface area (Å²) in [6.45, 7) is 1.98. The molecule has 0 aliphatic heterocycles. The average Bonchev–Trinajstić information content (AvgIpc) is 2.59. The molecule has 0 saturated carbocycles. The molecule has 4 nitrogen and oxygen atoms in total. The summed E-state index contributed by atoms with van der Waals surface area (Å²) in [6.07, 6.45) is 7.57. The van der Waals surface area contributed by atoms with E-state index in [0.29, 0.717) is 17.4 Å². The van der Waals surface area contributed by atoms with E-state index in [1.165, 1.54) is 0 Å². The molecule has 0 saturated heterocycles. The smallest absolute Gasteiger partial charge is 0.243 e. The first kappa shape index (κ1) is 10.8. The summed E-state index contributed by atoms with van der Waals surface area (Å²) in [5.74, 6) is 3.14. The van der Waals surface area contributed by atoms with Crippen LogP contribution in [0.1, 0.15) is 13.3 Å². The minimum Gasteiger partial charge on any atom is -0.350 e. The molecule has 1 N–H and O–H groups in total. The first-order valence-corrected chi connectivity index (χ1v) is 5.29. The fourth-order valence-corrected chi connectivity index (χ4v) is 1.52. The molecular weight excluding hydrogens is 224 g/mol. The number of halogens is 1. The number of rotatable bonds is 3. The summed E-state index contributed by atoms with van der Waals surface area (Å²) in [7, 11) is 0. The Balaban J connectivity index is 2.23. The van der Waals surface area contributed by atoms with Crippen LogP contribution in [0.15, 0.2) is 18.3 Å². The third kappa shape index (κ3) is 2.26. The van der Waals surface area contributed by atoms with Crippen LogP contribution in [0.5, 0.6) is 0 Å². The van der Waals surface area contributed by atoms with Gasteiger partial charge in [-0.05, 0) is 19.1 Å². The van der Waals surface area contributed by atoms with E-state index in [1.807, 2.05) is 13.0 Å². The van der Waals surface area contributed by atoms with Crippen LogP contribution in [0.2, 0.25) is 5.02 Å². The van der Waals surface area contributed by atoms with Gasteiger partial charge in [-0.1, -0.05) is 11.6 Å². The van der Waals surface area contributed by atoms with Crippen molar-refractivity contribution >= 4 is 23.2 Å². The molecule has 1 unspecified atom stereocenters. The second kappa shape index (κ2) is 4.42. The molecule has 2 aromatic heterocycles. The van der Waals surface area contributed by atoms with Crippen LogP contribution in [0, 0.1) is 12.3 Å². The summed E-state index contributed by atoms with van der Waals surface area (Å²) < 4.78 is 1.63. The molecule has 0 bridgehead atoms. The van der Waals surface area contributed by atoms with Crippen LogP contribution in [0.4, 0.5) is 5.95 Å². The third-order valence-corrected chi connectivity index (χ3v) is 2.32. The summed E-state index contributed by atoms with van der Waals surface area (Å²) in [5.41, 5.74) is 0.750. The van der Waals surface area contributed by atoms with E-state index in [9.17, 15) is 0 Å². The van der Waals surface area contributed by atoms with Crippen LogP contribution in [0.25, 0.3) is 5.65 Å². The predicted molar refractivity (Wildman–Crippen MR) is 64.5 cm³/mol. The van der Waals surface area contributed by atoms with Gasteiger partial charge in [-0.2, -0.15) is 4.98 Å². The zero-order valence-corrected chi connectivity index (χ0v) is 9.57. The molecule has 2 aromatic rings. The molecule has 0 aliphatic rings. The van der Waals surface area contributed by atoms with Gasteiger partial charge in [-0.25, -0.2) is 4.52 Å². The second-order valence-electron chi connectivity index (χ2n) is 3.54. The molecule has 2 rings (SSSR count). The maximum atomic E-state index is 5.85. The lowest BCUT2D eigenvalue weighted by atomic mass is 10.2. The summed E-state index contributed by atoms with van der Waals surface area (Å²) in [4.78, 5) is 4.29. The van der Waals surface area contributed by atoms with Crippen molar-refractivity contribution in [2.24, 2.45) is 0 Å². The Labute approximate surface area is 98.6 Å². The molecule has 0 fully saturated rings. The quantitative estimate of drug-likeness (QED) is 0.828. The van der Waals surface area contributed by atoms with Gasteiger partial charge in [0.1, 0.15) is 0 Å². The average molecular weight is 235 g/mol. The molecule has 0 radical (unpaired) electrons. The lowest BCUT2D eigenvalue weighted by Crippen LogP contribution is -2.15. The molecule has 0 aromatic carbocycles. The Bertz CT molecular complexity index is 540. The van der Waals surface area contributed by atoms with Crippen LogP contribution >= 0.6 is 11.6 Å². The summed E-state index contributed by atoms with van der Waals surface area (Å²) in [5, 5.41) is 7.99. The van der Waals surface area contributed by atoms with Gasteiger partial charge < -0.3 is 5.32 Å². The van der Waals surface area contributed by atoms with Crippen LogP contribution < -0.4 is 5.32 Å². The number of nitrogens with one attached hydrogen (secondary N) is 1. The number of hydrogen-bond donors (Lipinski definition) is 1. The highest BCUT2D eigenvalue weighted by Crippen LogP contribution is 2.12. The highest BCUT2D eigenvalue weighted by Gasteiger charge is 2.06. The van der Waals surface area contributed by atoms with E-state index in [0.717, 1.165) is 5.65 Å². The minimum absolute atomic E-state index is 0.151. The number of fused-ring (bicyclic) bond motifs is 1.